The van der Waals surface area contributed by atoms with Gasteiger partial charge in [-0.25, -0.2) is 13.8 Å². The minimum Gasteiger partial charge on any atom is -0.322 e. The van der Waals surface area contributed by atoms with Gasteiger partial charge in [0.2, 0.25) is 0 Å². The predicted molar refractivity (Wildman–Crippen MR) is 149 cm³/mol. The number of nitrogens with one attached hydrogen (secondary N) is 2. The molecular formula is C29H26N4O4S. The lowest BCUT2D eigenvalue weighted by Crippen LogP contribution is -2.26. The minimum absolute atomic E-state index is 0.181. The molecule has 4 aromatic carbocycles. The molecule has 0 bridgehead atoms. The Bertz CT molecular complexity index is 1550. The number of sulfonamides is 1. The molecule has 4 rings (SSSR count). The second-order valence-electron chi connectivity index (χ2n) is 8.37. The van der Waals surface area contributed by atoms with Gasteiger partial charge in [0.25, 0.3) is 21.8 Å². The lowest BCUT2D eigenvalue weighted by atomic mass is 10.1. The normalized spacial score (nSPS) is 11.5. The molecular weight excluding hydrogens is 500 g/mol. The van der Waals surface area contributed by atoms with Gasteiger partial charge in [0.15, 0.2) is 0 Å². The SMILES string of the molecule is C/C(=N/NC(=O)c1ccc(N(C)S(=O)(=O)c2ccccc2)cc1)c1ccc(NC(=O)c2ccccc2)cc1. The van der Waals surface area contributed by atoms with Crippen LogP contribution in [0.4, 0.5) is 11.4 Å². The highest BCUT2D eigenvalue weighted by atomic mass is 32.2. The maximum absolute atomic E-state index is 12.8. The molecule has 4 aromatic rings. The van der Waals surface area contributed by atoms with Crippen molar-refractivity contribution in [2.45, 2.75) is 11.8 Å². The summed E-state index contributed by atoms with van der Waals surface area (Å²) in [7, 11) is -2.25. The fraction of sp³-hybridized carbons (Fsp3) is 0.0690. The van der Waals surface area contributed by atoms with E-state index in [9.17, 15) is 18.0 Å². The molecule has 192 valence electrons. The monoisotopic (exact) mass is 526 g/mol. The maximum Gasteiger partial charge on any atom is 0.271 e. The summed E-state index contributed by atoms with van der Waals surface area (Å²) in [5.74, 6) is -0.637. The Balaban J connectivity index is 1.37. The standard InChI is InChI=1S/C29H26N4O4S/c1-21(22-13-17-25(18-14-22)30-28(34)23-9-5-3-6-10-23)31-32-29(35)24-15-19-26(20-16-24)33(2)38(36,37)27-11-7-4-8-12-27/h3-20H,1-2H3,(H,30,34)(H,32,35)/b31-21-. The first-order valence-corrected chi connectivity index (χ1v) is 13.2. The first kappa shape index (κ1) is 26.3. The molecule has 9 heteroatoms. The number of carbonyl (C=O) groups excluding carboxylic acids is 2. The van der Waals surface area contributed by atoms with Crippen molar-refractivity contribution in [1.29, 1.82) is 0 Å². The fourth-order valence-electron chi connectivity index (χ4n) is 3.56. The highest BCUT2D eigenvalue weighted by molar-refractivity contribution is 7.92. The summed E-state index contributed by atoms with van der Waals surface area (Å²) in [6.07, 6.45) is 0. The summed E-state index contributed by atoms with van der Waals surface area (Å²) in [6.45, 7) is 1.75. The molecule has 0 unspecified atom stereocenters. The van der Waals surface area contributed by atoms with Crippen LogP contribution in [0.15, 0.2) is 119 Å². The third kappa shape index (κ3) is 6.13. The quantitative estimate of drug-likeness (QED) is 0.251. The Morgan fingerprint density at radius 2 is 1.21 bits per heavy atom. The summed E-state index contributed by atoms with van der Waals surface area (Å²) in [6, 6.07) is 30.4. The van der Waals surface area contributed by atoms with E-state index in [4.69, 9.17) is 0 Å². The molecule has 2 amide bonds. The van der Waals surface area contributed by atoms with Crippen LogP contribution in [0.1, 0.15) is 33.2 Å². The first-order valence-electron chi connectivity index (χ1n) is 11.7. The Kier molecular flexibility index (Phi) is 7.98. The van der Waals surface area contributed by atoms with Crippen molar-refractivity contribution in [2.75, 3.05) is 16.7 Å². The van der Waals surface area contributed by atoms with Gasteiger partial charge < -0.3 is 5.32 Å². The van der Waals surface area contributed by atoms with Crippen molar-refractivity contribution in [3.8, 4) is 0 Å². The van der Waals surface area contributed by atoms with Crippen molar-refractivity contribution >= 4 is 38.9 Å². The van der Waals surface area contributed by atoms with Gasteiger partial charge in [-0.3, -0.25) is 13.9 Å². The number of anilines is 2. The molecule has 0 spiro atoms. The van der Waals surface area contributed by atoms with Crippen molar-refractivity contribution < 1.29 is 18.0 Å². The van der Waals surface area contributed by atoms with Crippen LogP contribution in [-0.2, 0) is 10.0 Å². The third-order valence-corrected chi connectivity index (χ3v) is 7.62. The zero-order valence-corrected chi connectivity index (χ0v) is 21.6. The number of nitrogens with zero attached hydrogens (tertiary/aromatic N) is 2. The molecule has 2 N–H and O–H groups in total. The molecule has 0 aliphatic carbocycles. The van der Waals surface area contributed by atoms with E-state index in [0.29, 0.717) is 28.2 Å². The zero-order valence-electron chi connectivity index (χ0n) is 20.8. The molecule has 0 aliphatic rings. The lowest BCUT2D eigenvalue weighted by Gasteiger charge is -2.19. The van der Waals surface area contributed by atoms with E-state index in [1.165, 1.54) is 31.3 Å². The van der Waals surface area contributed by atoms with Crippen LogP contribution in [0.25, 0.3) is 0 Å². The summed E-state index contributed by atoms with van der Waals surface area (Å²) >= 11 is 0. The van der Waals surface area contributed by atoms with Gasteiger partial charge in [-0.2, -0.15) is 5.10 Å². The van der Waals surface area contributed by atoms with E-state index in [2.05, 4.69) is 15.8 Å². The largest absolute Gasteiger partial charge is 0.322 e. The first-order chi connectivity index (χ1) is 18.3. The summed E-state index contributed by atoms with van der Waals surface area (Å²) in [5, 5.41) is 7.01. The summed E-state index contributed by atoms with van der Waals surface area (Å²) < 4.78 is 26.8. The Morgan fingerprint density at radius 1 is 0.684 bits per heavy atom. The number of rotatable bonds is 8. The summed E-state index contributed by atoms with van der Waals surface area (Å²) in [4.78, 5) is 25.1. The van der Waals surface area contributed by atoms with E-state index in [1.54, 1.807) is 85.8 Å². The van der Waals surface area contributed by atoms with Gasteiger partial charge in [-0.05, 0) is 73.2 Å². The van der Waals surface area contributed by atoms with E-state index in [-0.39, 0.29) is 10.8 Å². The molecule has 0 saturated heterocycles. The smallest absolute Gasteiger partial charge is 0.271 e. The van der Waals surface area contributed by atoms with Gasteiger partial charge >= 0.3 is 0 Å². The molecule has 38 heavy (non-hydrogen) atoms. The van der Waals surface area contributed by atoms with Crippen LogP contribution in [0.3, 0.4) is 0 Å². The van der Waals surface area contributed by atoms with Crippen LogP contribution in [0.2, 0.25) is 0 Å². The summed E-state index contributed by atoms with van der Waals surface area (Å²) in [5.41, 5.74) is 5.81. The van der Waals surface area contributed by atoms with Gasteiger partial charge in [0.1, 0.15) is 0 Å². The van der Waals surface area contributed by atoms with Gasteiger partial charge in [-0.15, -0.1) is 0 Å². The molecule has 0 atom stereocenters. The molecule has 0 radical (unpaired) electrons. The van der Waals surface area contributed by atoms with Crippen LogP contribution in [0.5, 0.6) is 0 Å². The van der Waals surface area contributed by atoms with Gasteiger partial charge in [0.05, 0.1) is 16.3 Å². The minimum atomic E-state index is -3.71. The second-order valence-corrected chi connectivity index (χ2v) is 10.3. The molecule has 0 heterocycles. The average Bonchev–Trinajstić information content (AvgIpc) is 2.96. The van der Waals surface area contributed by atoms with Crippen LogP contribution in [-0.4, -0.2) is 33.0 Å². The molecule has 0 fully saturated rings. The van der Waals surface area contributed by atoms with E-state index >= 15 is 0 Å². The highest BCUT2D eigenvalue weighted by Gasteiger charge is 2.21. The Morgan fingerprint density at radius 3 is 1.82 bits per heavy atom. The number of hydrogen-bond donors (Lipinski definition) is 2. The van der Waals surface area contributed by atoms with Crippen molar-refractivity contribution in [3.63, 3.8) is 0 Å². The number of hydrazone groups is 1. The number of carbonyl (C=O) groups is 2. The zero-order chi connectivity index (χ0) is 27.1. The highest BCUT2D eigenvalue weighted by Crippen LogP contribution is 2.22. The number of benzene rings is 4. The van der Waals surface area contributed by atoms with Crippen molar-refractivity contribution in [2.24, 2.45) is 5.10 Å². The van der Waals surface area contributed by atoms with Crippen LogP contribution >= 0.6 is 0 Å². The van der Waals surface area contributed by atoms with E-state index in [0.717, 1.165) is 9.87 Å². The van der Waals surface area contributed by atoms with E-state index < -0.39 is 15.9 Å². The Hall–Kier alpha value is -4.76. The average molecular weight is 527 g/mol. The number of amides is 2. The van der Waals surface area contributed by atoms with Crippen molar-refractivity contribution in [1.82, 2.24) is 5.43 Å². The number of hydrogen-bond acceptors (Lipinski definition) is 5. The van der Waals surface area contributed by atoms with Crippen LogP contribution < -0.4 is 15.0 Å². The lowest BCUT2D eigenvalue weighted by molar-refractivity contribution is 0.0954. The maximum atomic E-state index is 12.8. The van der Waals surface area contributed by atoms with Gasteiger partial charge in [0, 0.05) is 23.9 Å². The topological polar surface area (TPSA) is 108 Å². The van der Waals surface area contributed by atoms with Crippen molar-refractivity contribution in [3.05, 3.63) is 126 Å². The fourth-order valence-corrected chi connectivity index (χ4v) is 4.78. The molecule has 0 aliphatic heterocycles. The van der Waals surface area contributed by atoms with E-state index in [1.807, 2.05) is 6.07 Å². The van der Waals surface area contributed by atoms with Gasteiger partial charge in [-0.1, -0.05) is 48.5 Å². The van der Waals surface area contributed by atoms with Crippen LogP contribution in [0, 0.1) is 0 Å². The molecule has 0 aromatic heterocycles. The third-order valence-electron chi connectivity index (χ3n) is 5.82. The molecule has 8 nitrogen and oxygen atoms in total. The second kappa shape index (κ2) is 11.5. The Labute approximate surface area is 221 Å². The molecule has 0 saturated carbocycles. The predicted octanol–water partition coefficient (Wildman–Crippen LogP) is 4.92.